The van der Waals surface area contributed by atoms with E-state index in [4.69, 9.17) is 0 Å². The second-order valence-electron chi connectivity index (χ2n) is 2.93. The van der Waals surface area contributed by atoms with Gasteiger partial charge in [-0.3, -0.25) is 0 Å². The summed E-state index contributed by atoms with van der Waals surface area (Å²) in [5.41, 5.74) is 2.10. The lowest BCUT2D eigenvalue weighted by Gasteiger charge is -1.92. The van der Waals surface area contributed by atoms with Gasteiger partial charge in [0.25, 0.3) is 0 Å². The lowest BCUT2D eigenvalue weighted by atomic mass is 10.2. The van der Waals surface area contributed by atoms with E-state index in [1.807, 2.05) is 48.5 Å². The summed E-state index contributed by atoms with van der Waals surface area (Å²) in [6.07, 6.45) is 0. The van der Waals surface area contributed by atoms with Gasteiger partial charge in [-0.25, -0.2) is 0 Å². The second-order valence-corrected chi connectivity index (χ2v) is 3.85. The van der Waals surface area contributed by atoms with Gasteiger partial charge in [0.2, 0.25) is 0 Å². The summed E-state index contributed by atoms with van der Waals surface area (Å²) < 4.78 is 1.08. The Morgan fingerprint density at radius 1 is 1.00 bits per heavy atom. The van der Waals surface area contributed by atoms with Gasteiger partial charge in [-0.1, -0.05) is 15.9 Å². The van der Waals surface area contributed by atoms with Crippen LogP contribution in [-0.2, 0) is 0 Å². The van der Waals surface area contributed by atoms with E-state index in [9.17, 15) is 0 Å². The number of benzene rings is 1. The van der Waals surface area contributed by atoms with E-state index in [0.717, 1.165) is 15.6 Å². The molecule has 0 fully saturated rings. The van der Waals surface area contributed by atoms with E-state index < -0.39 is 0 Å². The Morgan fingerprint density at radius 2 is 1.79 bits per heavy atom. The maximum absolute atomic E-state index is 3.39. The highest BCUT2D eigenvalue weighted by molar-refractivity contribution is 9.10. The highest BCUT2D eigenvalue weighted by Gasteiger charge is 1.84. The molecule has 0 amide bonds. The molecule has 0 bridgehead atoms. The first-order valence-electron chi connectivity index (χ1n) is 4.34. The molecule has 2 aromatic carbocycles. The zero-order valence-corrected chi connectivity index (χ0v) is 9.08. The molecule has 0 nitrogen and oxygen atoms in total. The Kier molecular flexibility index (Phi) is 2.76. The predicted molar refractivity (Wildman–Crippen MR) is 62.2 cm³/mol. The smallest absolute Gasteiger partial charge is 0.0176 e. The van der Waals surface area contributed by atoms with Gasteiger partial charge in [-0.05, 0) is 24.3 Å². The van der Waals surface area contributed by atoms with Gasteiger partial charge >= 0.3 is 0 Å². The topological polar surface area (TPSA) is 0 Å². The third-order valence-corrected chi connectivity index (χ3v) is 2.39. The SMILES string of the molecule is Brc1ccc(C#Cc2ccc[cH-]2)cc1. The Bertz CT molecular complexity index is 452. The van der Waals surface area contributed by atoms with E-state index in [1.54, 1.807) is 0 Å². The fourth-order valence-corrected chi connectivity index (χ4v) is 1.40. The number of halogens is 1. The lowest BCUT2D eigenvalue weighted by Crippen LogP contribution is -1.72. The maximum Gasteiger partial charge on any atom is 0.0176 e. The molecule has 0 aliphatic carbocycles. The summed E-state index contributed by atoms with van der Waals surface area (Å²) >= 11 is 3.39. The molecule has 0 aliphatic rings. The van der Waals surface area contributed by atoms with Crippen molar-refractivity contribution in [3.63, 3.8) is 0 Å². The van der Waals surface area contributed by atoms with Crippen LogP contribution in [0, 0.1) is 11.8 Å². The molecule has 2 aromatic rings. The van der Waals surface area contributed by atoms with Gasteiger partial charge in [0, 0.05) is 10.0 Å². The number of rotatable bonds is 0. The Balaban J connectivity index is 2.22. The summed E-state index contributed by atoms with van der Waals surface area (Å²) in [4.78, 5) is 0. The highest BCUT2D eigenvalue weighted by Crippen LogP contribution is 2.09. The largest absolute Gasteiger partial charge is 0.187 e. The molecule has 0 saturated heterocycles. The van der Waals surface area contributed by atoms with Gasteiger partial charge < -0.3 is 0 Å². The number of hydrogen-bond acceptors (Lipinski definition) is 0. The molecular formula is C13H8Br-. The molecule has 0 radical (unpaired) electrons. The van der Waals surface area contributed by atoms with E-state index in [0.29, 0.717) is 0 Å². The van der Waals surface area contributed by atoms with E-state index in [1.165, 1.54) is 0 Å². The van der Waals surface area contributed by atoms with E-state index >= 15 is 0 Å². The average Bonchev–Trinajstić information content (AvgIpc) is 2.70. The second kappa shape index (κ2) is 4.21. The molecule has 0 unspecified atom stereocenters. The molecule has 2 rings (SSSR count). The van der Waals surface area contributed by atoms with E-state index in [-0.39, 0.29) is 0 Å². The Morgan fingerprint density at radius 3 is 2.43 bits per heavy atom. The van der Waals surface area contributed by atoms with Crippen molar-refractivity contribution in [3.05, 3.63) is 64.1 Å². The molecule has 0 spiro atoms. The van der Waals surface area contributed by atoms with Crippen LogP contribution in [0.2, 0.25) is 0 Å². The van der Waals surface area contributed by atoms with Crippen molar-refractivity contribution < 1.29 is 0 Å². The van der Waals surface area contributed by atoms with Crippen LogP contribution in [0.15, 0.2) is 53.0 Å². The number of hydrogen-bond donors (Lipinski definition) is 0. The van der Waals surface area contributed by atoms with Gasteiger partial charge in [0.1, 0.15) is 0 Å². The summed E-state index contributed by atoms with van der Waals surface area (Å²) in [7, 11) is 0. The van der Waals surface area contributed by atoms with Crippen LogP contribution in [0.4, 0.5) is 0 Å². The molecule has 0 saturated carbocycles. The van der Waals surface area contributed by atoms with Gasteiger partial charge in [0.05, 0.1) is 0 Å². The van der Waals surface area contributed by atoms with Crippen LogP contribution in [0.5, 0.6) is 0 Å². The molecular weight excluding hydrogens is 236 g/mol. The highest BCUT2D eigenvalue weighted by atomic mass is 79.9. The van der Waals surface area contributed by atoms with Crippen molar-refractivity contribution in [2.75, 3.05) is 0 Å². The molecule has 0 N–H and O–H groups in total. The van der Waals surface area contributed by atoms with Crippen LogP contribution in [0.25, 0.3) is 0 Å². The standard InChI is InChI=1S/C13H8Br/c14-13-9-7-12(8-10-13)6-5-11-3-1-2-4-11/h1-4,7-10H/q-1. The Hall–Kier alpha value is -1.39. The summed E-state index contributed by atoms with van der Waals surface area (Å²) in [6.45, 7) is 0. The average molecular weight is 244 g/mol. The predicted octanol–water partition coefficient (Wildman–Crippen LogP) is 3.57. The molecule has 0 aliphatic heterocycles. The fourth-order valence-electron chi connectivity index (χ4n) is 1.13. The molecule has 0 atom stereocenters. The van der Waals surface area contributed by atoms with Crippen LogP contribution >= 0.6 is 15.9 Å². The first kappa shape index (κ1) is 9.18. The first-order chi connectivity index (χ1) is 6.84. The normalized spacial score (nSPS) is 9.21. The molecule has 68 valence electrons. The zero-order valence-electron chi connectivity index (χ0n) is 7.50. The third kappa shape index (κ3) is 2.31. The van der Waals surface area contributed by atoms with Crippen LogP contribution in [0.3, 0.4) is 0 Å². The quantitative estimate of drug-likeness (QED) is 0.491. The van der Waals surface area contributed by atoms with Crippen molar-refractivity contribution >= 4 is 15.9 Å². The van der Waals surface area contributed by atoms with Crippen molar-refractivity contribution in [3.8, 4) is 11.8 Å². The van der Waals surface area contributed by atoms with Crippen molar-refractivity contribution in [2.24, 2.45) is 0 Å². The summed E-state index contributed by atoms with van der Waals surface area (Å²) in [6, 6.07) is 16.0. The zero-order chi connectivity index (χ0) is 9.80. The first-order valence-corrected chi connectivity index (χ1v) is 5.13. The molecule has 1 heteroatoms. The van der Waals surface area contributed by atoms with Gasteiger partial charge in [-0.15, -0.1) is 17.6 Å². The summed E-state index contributed by atoms with van der Waals surface area (Å²) in [5.74, 6) is 6.20. The monoisotopic (exact) mass is 243 g/mol. The van der Waals surface area contributed by atoms with Gasteiger partial charge in [-0.2, -0.15) is 24.1 Å². The van der Waals surface area contributed by atoms with Crippen molar-refractivity contribution in [1.82, 2.24) is 0 Å². The molecule has 0 aromatic heterocycles. The van der Waals surface area contributed by atoms with Crippen molar-refractivity contribution in [1.29, 1.82) is 0 Å². The van der Waals surface area contributed by atoms with Crippen molar-refractivity contribution in [2.45, 2.75) is 0 Å². The molecule has 0 heterocycles. The third-order valence-electron chi connectivity index (χ3n) is 1.86. The lowest BCUT2D eigenvalue weighted by molar-refractivity contribution is 1.60. The van der Waals surface area contributed by atoms with Crippen LogP contribution in [0.1, 0.15) is 11.1 Å². The minimum Gasteiger partial charge on any atom is -0.187 e. The van der Waals surface area contributed by atoms with Gasteiger partial charge in [0.15, 0.2) is 0 Å². The Labute approximate surface area is 92.1 Å². The van der Waals surface area contributed by atoms with Crippen LogP contribution < -0.4 is 0 Å². The minimum atomic E-state index is 1.04. The molecule has 14 heavy (non-hydrogen) atoms. The van der Waals surface area contributed by atoms with Crippen LogP contribution in [-0.4, -0.2) is 0 Å². The summed E-state index contributed by atoms with van der Waals surface area (Å²) in [5, 5.41) is 0. The fraction of sp³-hybridized carbons (Fsp3) is 0. The minimum absolute atomic E-state index is 1.04. The van der Waals surface area contributed by atoms with E-state index in [2.05, 4.69) is 27.8 Å². The maximum atomic E-state index is 3.39.